The minimum Gasteiger partial charge on any atom is -0.391 e. The summed E-state index contributed by atoms with van der Waals surface area (Å²) in [5.41, 5.74) is 8.81. The Morgan fingerprint density at radius 3 is 2.21 bits per heavy atom. The van der Waals surface area contributed by atoms with E-state index in [1.807, 2.05) is 113 Å². The number of ether oxygens (including phenoxy) is 3. The van der Waals surface area contributed by atoms with E-state index in [1.54, 1.807) is 47.7 Å². The molecular formula is C58H66N10O9S. The number of rotatable bonds is 24. The molecule has 1 saturated heterocycles. The van der Waals surface area contributed by atoms with Gasteiger partial charge in [-0.1, -0.05) is 69.3 Å². The van der Waals surface area contributed by atoms with Gasteiger partial charge in [-0.2, -0.15) is 0 Å². The van der Waals surface area contributed by atoms with Gasteiger partial charge in [0.1, 0.15) is 24.2 Å². The van der Waals surface area contributed by atoms with E-state index in [1.165, 1.54) is 11.2 Å². The third-order valence-corrected chi connectivity index (χ3v) is 14.1. The molecule has 0 radical (unpaired) electrons. The fraction of sp³-hybridized carbons (Fsp3) is 0.345. The van der Waals surface area contributed by atoms with Crippen LogP contribution < -0.4 is 26.6 Å². The number of fused-ring (bicyclic) bond motifs is 1. The number of benzene rings is 4. The van der Waals surface area contributed by atoms with E-state index in [0.717, 1.165) is 49.5 Å². The fourth-order valence-electron chi connectivity index (χ4n) is 8.95. The first kappa shape index (κ1) is 56.3. The molecule has 20 heteroatoms. The van der Waals surface area contributed by atoms with E-state index >= 15 is 0 Å². The second-order valence-corrected chi connectivity index (χ2v) is 20.9. The zero-order valence-corrected chi connectivity index (χ0v) is 45.2. The molecule has 4 aromatic carbocycles. The lowest BCUT2D eigenvalue weighted by atomic mass is 9.85. The summed E-state index contributed by atoms with van der Waals surface area (Å²) < 4.78 is 16.8. The summed E-state index contributed by atoms with van der Waals surface area (Å²) in [6, 6.07) is 29.2. The van der Waals surface area contributed by atoms with Crippen molar-refractivity contribution in [2.24, 2.45) is 5.41 Å². The van der Waals surface area contributed by atoms with Crippen LogP contribution in [-0.4, -0.2) is 130 Å². The lowest BCUT2D eigenvalue weighted by Gasteiger charge is -2.35. The third-order valence-electron chi connectivity index (χ3n) is 13.1. The van der Waals surface area contributed by atoms with Crippen LogP contribution in [-0.2, 0) is 28.6 Å². The van der Waals surface area contributed by atoms with E-state index in [-0.39, 0.29) is 95.2 Å². The molecule has 0 saturated carbocycles. The van der Waals surface area contributed by atoms with Gasteiger partial charge in [-0.15, -0.1) is 11.3 Å². The van der Waals surface area contributed by atoms with Gasteiger partial charge in [-0.3, -0.25) is 24.0 Å². The Balaban J connectivity index is 0.675. The molecule has 4 heterocycles. The van der Waals surface area contributed by atoms with Crippen molar-refractivity contribution in [3.05, 3.63) is 144 Å². The number of nitrogens with one attached hydrogen (secondary N) is 6. The average molecular weight is 1080 g/mol. The molecule has 4 atom stereocenters. The van der Waals surface area contributed by atoms with Gasteiger partial charge in [-0.25, -0.2) is 15.0 Å². The Morgan fingerprint density at radius 2 is 1.49 bits per heavy atom. The number of carbonyl (C=O) groups is 5. The fourth-order valence-corrected chi connectivity index (χ4v) is 9.76. The van der Waals surface area contributed by atoms with E-state index in [4.69, 9.17) is 14.2 Å². The van der Waals surface area contributed by atoms with Gasteiger partial charge < -0.3 is 55.8 Å². The molecule has 1 aliphatic heterocycles. The van der Waals surface area contributed by atoms with Crippen LogP contribution in [0, 0.1) is 12.3 Å². The summed E-state index contributed by atoms with van der Waals surface area (Å²) in [5.74, 6) is -1.26. The minimum absolute atomic E-state index is 0.00465. The van der Waals surface area contributed by atoms with Gasteiger partial charge in [0, 0.05) is 77.2 Å². The summed E-state index contributed by atoms with van der Waals surface area (Å²) in [7, 11) is 0. The molecule has 1 unspecified atom stereocenters. The molecule has 5 amide bonds. The monoisotopic (exact) mass is 1080 g/mol. The van der Waals surface area contributed by atoms with E-state index in [9.17, 15) is 29.1 Å². The topological polar surface area (TPSA) is 251 Å². The maximum Gasteiger partial charge on any atom is 0.255 e. The highest BCUT2D eigenvalue weighted by Gasteiger charge is 2.44. The molecule has 78 heavy (non-hydrogen) atoms. The maximum absolute atomic E-state index is 14.0. The highest BCUT2D eigenvalue weighted by molar-refractivity contribution is 7.13. The maximum atomic E-state index is 14.0. The van der Waals surface area contributed by atoms with Crippen LogP contribution in [0.1, 0.15) is 78.6 Å². The number of para-hydroxylation sites is 1. The minimum atomic E-state index is -0.958. The average Bonchev–Trinajstić information content (AvgIpc) is 4.20. The predicted octanol–water partition coefficient (Wildman–Crippen LogP) is 7.59. The number of aromatic nitrogens is 4. The Bertz CT molecular complexity index is 3180. The first-order valence-corrected chi connectivity index (χ1v) is 26.8. The third kappa shape index (κ3) is 15.0. The summed E-state index contributed by atoms with van der Waals surface area (Å²) in [6.45, 7) is 11.0. The second-order valence-electron chi connectivity index (χ2n) is 20.0. The van der Waals surface area contributed by atoms with Crippen molar-refractivity contribution in [2.75, 3.05) is 63.4 Å². The van der Waals surface area contributed by atoms with Crippen molar-refractivity contribution >= 4 is 69.0 Å². The molecule has 408 valence electrons. The van der Waals surface area contributed by atoms with Crippen molar-refractivity contribution in [1.82, 2.24) is 40.8 Å². The smallest absolute Gasteiger partial charge is 0.255 e. The van der Waals surface area contributed by atoms with Gasteiger partial charge in [0.05, 0.1) is 73.6 Å². The second kappa shape index (κ2) is 26.4. The molecule has 7 aromatic rings. The van der Waals surface area contributed by atoms with Crippen molar-refractivity contribution in [1.29, 1.82) is 0 Å². The zero-order valence-electron chi connectivity index (χ0n) is 44.3. The molecule has 0 aliphatic carbocycles. The number of nitrogens with zero attached hydrogens (tertiary/aromatic N) is 4. The number of hydrogen-bond acceptors (Lipinski definition) is 14. The molecule has 1 fully saturated rings. The summed E-state index contributed by atoms with van der Waals surface area (Å²) in [4.78, 5) is 85.6. The number of amides is 5. The zero-order chi connectivity index (χ0) is 55.2. The van der Waals surface area contributed by atoms with Crippen LogP contribution in [0.5, 0.6) is 0 Å². The number of likely N-dealkylation sites (tertiary alicyclic amines) is 1. The summed E-state index contributed by atoms with van der Waals surface area (Å²) in [5, 5.41) is 26.6. The first-order valence-electron chi connectivity index (χ1n) is 25.9. The normalized spacial score (nSPS) is 15.1. The van der Waals surface area contributed by atoms with Crippen LogP contribution in [0.2, 0.25) is 0 Å². The van der Waals surface area contributed by atoms with Gasteiger partial charge in [0.25, 0.3) is 11.8 Å². The molecule has 1 aliphatic rings. The number of hydrogen-bond donors (Lipinski definition) is 7. The quantitative estimate of drug-likeness (QED) is 0.0289. The highest BCUT2D eigenvalue weighted by atomic mass is 32.1. The van der Waals surface area contributed by atoms with Gasteiger partial charge in [0.15, 0.2) is 0 Å². The van der Waals surface area contributed by atoms with Crippen LogP contribution in [0.25, 0.3) is 32.6 Å². The number of aryl methyl sites for hydroxylation is 1. The lowest BCUT2D eigenvalue weighted by molar-refractivity contribution is -0.144. The number of aliphatic hydroxyl groups excluding tert-OH is 1. The number of thiazole rings is 1. The largest absolute Gasteiger partial charge is 0.391 e. The van der Waals surface area contributed by atoms with Gasteiger partial charge in [0.2, 0.25) is 17.7 Å². The van der Waals surface area contributed by atoms with Crippen molar-refractivity contribution in [3.8, 4) is 21.7 Å². The number of β-amino-alcohol motifs (C(OH)–C–C–N with tert-alkyl or cyclic N) is 1. The molecule has 0 bridgehead atoms. The van der Waals surface area contributed by atoms with E-state index < -0.39 is 29.5 Å². The van der Waals surface area contributed by atoms with Crippen molar-refractivity contribution in [2.45, 2.75) is 71.7 Å². The molecule has 3 aromatic heterocycles. The van der Waals surface area contributed by atoms with Crippen LogP contribution in [0.15, 0.2) is 121 Å². The highest BCUT2D eigenvalue weighted by Crippen LogP contribution is 2.31. The number of anilines is 3. The Kier molecular flexibility index (Phi) is 19.1. The Morgan fingerprint density at radius 1 is 0.795 bits per heavy atom. The summed E-state index contributed by atoms with van der Waals surface area (Å²) >= 11 is 1.57. The Labute approximate surface area is 456 Å². The van der Waals surface area contributed by atoms with Crippen LogP contribution >= 0.6 is 11.3 Å². The standard InChI is InChI=1S/C58H66N10O9S/c1-36(38-13-15-39(16-14-38)52-37(2)63-35-78-52)64-56(73)49-30-44(69)33-68(49)57(74)53(58(3,4)5)67-51(70)21-23-75-25-27-77-28-26-76-24-22-59-54(71)40-17-19-41(20-18-40)55(72)66-43-10-8-9-42(29-43)65-50-31-48(61-34-62-50)46-32-60-47-12-7-6-11-45(46)47/h6-20,29,31-32,34-36,44,49,53,60,69H,21-28,30,33H2,1-5H3,(H,59,71)(H,64,73)(H,66,72)(H,67,70)(H,61,62,65)/t36-,44+,49?,53+/m0/s1. The molecule has 19 nitrogen and oxygen atoms in total. The predicted molar refractivity (Wildman–Crippen MR) is 299 cm³/mol. The number of aliphatic hydroxyl groups is 1. The number of carbonyl (C=O) groups excluding carboxylic acids is 5. The molecule has 7 N–H and O–H groups in total. The Hall–Kier alpha value is -7.88. The van der Waals surface area contributed by atoms with Crippen molar-refractivity contribution < 1.29 is 43.3 Å². The first-order chi connectivity index (χ1) is 37.6. The summed E-state index contributed by atoms with van der Waals surface area (Å²) in [6.07, 6.45) is 2.62. The molecule has 8 rings (SSSR count). The SMILES string of the molecule is Cc1ncsc1-c1ccc([C@H](C)NC(=O)C2C[C@@H](O)CN2C(=O)[C@@H](NC(=O)CCOCCOCCOCCNC(=O)c2ccc(C(=O)Nc3cccc(Nc4cc(-c5c[nH]c6ccccc56)ncn4)c3)cc2)C(C)(C)C)cc1. The molecule has 0 spiro atoms. The number of aromatic amines is 1. The number of H-pyrrole nitrogens is 1. The van der Waals surface area contributed by atoms with Crippen molar-refractivity contribution in [3.63, 3.8) is 0 Å². The van der Waals surface area contributed by atoms with Gasteiger partial charge in [-0.05, 0) is 78.9 Å². The van der Waals surface area contributed by atoms with Gasteiger partial charge >= 0.3 is 0 Å². The lowest BCUT2D eigenvalue weighted by Crippen LogP contribution is -2.58. The van der Waals surface area contributed by atoms with E-state index in [2.05, 4.69) is 46.5 Å². The molecular weight excluding hydrogens is 1010 g/mol. The van der Waals surface area contributed by atoms with Crippen LogP contribution in [0.3, 0.4) is 0 Å². The van der Waals surface area contributed by atoms with E-state index in [0.29, 0.717) is 22.6 Å². The van der Waals surface area contributed by atoms with Crippen LogP contribution in [0.4, 0.5) is 17.2 Å².